The number of hydrogen-bond donors (Lipinski definition) is 1. The molecule has 0 unspecified atom stereocenters. The summed E-state index contributed by atoms with van der Waals surface area (Å²) in [5, 5.41) is 3.65. The Bertz CT molecular complexity index is 1120. The number of hydrogen-bond acceptors (Lipinski definition) is 5. The Morgan fingerprint density at radius 1 is 1.00 bits per heavy atom. The molecule has 0 bridgehead atoms. The van der Waals surface area contributed by atoms with Gasteiger partial charge in [-0.15, -0.1) is 0 Å². The molecule has 2 heterocycles. The van der Waals surface area contributed by atoms with E-state index in [2.05, 4.69) is 20.3 Å². The van der Waals surface area contributed by atoms with Crippen LogP contribution in [0.4, 0.5) is 10.2 Å². The van der Waals surface area contributed by atoms with Crippen molar-refractivity contribution in [1.29, 1.82) is 0 Å². The van der Waals surface area contributed by atoms with Gasteiger partial charge in [0.25, 0.3) is 0 Å². The normalized spacial score (nSPS) is 10.8. The van der Waals surface area contributed by atoms with Crippen LogP contribution in [-0.2, 0) is 0 Å². The molecule has 2 aromatic carbocycles. The van der Waals surface area contributed by atoms with Crippen LogP contribution in [0.3, 0.4) is 0 Å². The molecule has 134 valence electrons. The number of nitrogens with one attached hydrogen (secondary N) is 1. The van der Waals surface area contributed by atoms with Crippen molar-refractivity contribution < 1.29 is 9.13 Å². The van der Waals surface area contributed by atoms with Gasteiger partial charge in [0, 0.05) is 36.0 Å². The summed E-state index contributed by atoms with van der Waals surface area (Å²) < 4.78 is 20.4. The molecule has 1 N–H and O–H groups in total. The molecule has 4 rings (SSSR count). The number of fused-ring (bicyclic) bond motifs is 1. The van der Waals surface area contributed by atoms with E-state index in [1.165, 1.54) is 6.07 Å². The maximum absolute atomic E-state index is 15.0. The van der Waals surface area contributed by atoms with Crippen molar-refractivity contribution in [3.8, 4) is 28.3 Å². The fourth-order valence-corrected chi connectivity index (χ4v) is 3.04. The average Bonchev–Trinajstić information content (AvgIpc) is 2.73. The van der Waals surface area contributed by atoms with Crippen LogP contribution in [0, 0.1) is 5.82 Å². The van der Waals surface area contributed by atoms with Gasteiger partial charge >= 0.3 is 0 Å². The Morgan fingerprint density at radius 3 is 2.59 bits per heavy atom. The number of aromatic nitrogens is 3. The van der Waals surface area contributed by atoms with Gasteiger partial charge in [-0.2, -0.15) is 0 Å². The second kappa shape index (κ2) is 6.99. The van der Waals surface area contributed by atoms with Gasteiger partial charge < -0.3 is 10.1 Å². The van der Waals surface area contributed by atoms with Crippen molar-refractivity contribution in [2.24, 2.45) is 0 Å². The van der Waals surface area contributed by atoms with E-state index in [1.807, 2.05) is 36.4 Å². The summed E-state index contributed by atoms with van der Waals surface area (Å²) in [6.07, 6.45) is 3.32. The second-order valence-electron chi connectivity index (χ2n) is 5.94. The summed E-state index contributed by atoms with van der Waals surface area (Å²) in [7, 11) is 3.35. The number of rotatable bonds is 4. The number of benzene rings is 2. The SMILES string of the molecule is CNc1nc(-c2cccnc2)nc2c(F)cc(-c3ccccc3OC)cc12. The fourth-order valence-electron chi connectivity index (χ4n) is 3.04. The Hall–Kier alpha value is -3.54. The maximum atomic E-state index is 15.0. The van der Waals surface area contributed by atoms with Crippen LogP contribution in [0.5, 0.6) is 5.75 Å². The van der Waals surface area contributed by atoms with E-state index in [9.17, 15) is 0 Å². The first kappa shape index (κ1) is 16.9. The molecule has 4 aromatic rings. The Labute approximate surface area is 155 Å². The maximum Gasteiger partial charge on any atom is 0.163 e. The molecule has 0 amide bonds. The lowest BCUT2D eigenvalue weighted by molar-refractivity contribution is 0.416. The first-order chi connectivity index (χ1) is 13.2. The van der Waals surface area contributed by atoms with Gasteiger partial charge in [-0.25, -0.2) is 14.4 Å². The molecule has 0 fully saturated rings. The van der Waals surface area contributed by atoms with Crippen molar-refractivity contribution in [3.05, 3.63) is 66.7 Å². The molecule has 27 heavy (non-hydrogen) atoms. The van der Waals surface area contributed by atoms with Crippen LogP contribution in [-0.4, -0.2) is 29.1 Å². The zero-order valence-corrected chi connectivity index (χ0v) is 14.9. The molecular weight excluding hydrogens is 343 g/mol. The van der Waals surface area contributed by atoms with Gasteiger partial charge in [-0.1, -0.05) is 18.2 Å². The zero-order chi connectivity index (χ0) is 18.8. The Balaban J connectivity index is 1.95. The molecule has 0 aliphatic heterocycles. The third-order valence-electron chi connectivity index (χ3n) is 4.33. The fraction of sp³-hybridized carbons (Fsp3) is 0.0952. The van der Waals surface area contributed by atoms with E-state index in [0.717, 1.165) is 11.1 Å². The minimum Gasteiger partial charge on any atom is -0.496 e. The standard InChI is InChI=1S/C21H17FN4O/c1-23-21-16-10-14(15-7-3-4-8-18(15)27-2)11-17(22)19(16)25-20(26-21)13-6-5-9-24-12-13/h3-12H,1-2H3,(H,23,25,26). The number of halogens is 1. The minimum atomic E-state index is -0.419. The summed E-state index contributed by atoms with van der Waals surface area (Å²) in [6, 6.07) is 14.5. The zero-order valence-electron chi connectivity index (χ0n) is 14.9. The van der Waals surface area contributed by atoms with Crippen molar-refractivity contribution >= 4 is 16.7 Å². The lowest BCUT2D eigenvalue weighted by Gasteiger charge is -2.12. The minimum absolute atomic E-state index is 0.256. The number of pyridine rings is 1. The first-order valence-electron chi connectivity index (χ1n) is 8.44. The summed E-state index contributed by atoms with van der Waals surface area (Å²) in [5.41, 5.74) is 2.49. The molecule has 6 heteroatoms. The highest BCUT2D eigenvalue weighted by Gasteiger charge is 2.15. The lowest BCUT2D eigenvalue weighted by atomic mass is 10.0. The number of methoxy groups -OCH3 is 1. The van der Waals surface area contributed by atoms with E-state index in [-0.39, 0.29) is 5.52 Å². The molecule has 0 radical (unpaired) electrons. The monoisotopic (exact) mass is 360 g/mol. The molecule has 0 spiro atoms. The Kier molecular flexibility index (Phi) is 4.38. The number of anilines is 1. The largest absolute Gasteiger partial charge is 0.496 e. The van der Waals surface area contributed by atoms with Crippen LogP contribution in [0.15, 0.2) is 60.9 Å². The topological polar surface area (TPSA) is 59.9 Å². The number of ether oxygens (including phenoxy) is 1. The van der Waals surface area contributed by atoms with E-state index in [4.69, 9.17) is 4.74 Å². The van der Waals surface area contributed by atoms with E-state index >= 15 is 4.39 Å². The van der Waals surface area contributed by atoms with Crippen molar-refractivity contribution in [2.45, 2.75) is 0 Å². The molecule has 5 nitrogen and oxygen atoms in total. The van der Waals surface area contributed by atoms with Crippen molar-refractivity contribution in [1.82, 2.24) is 15.0 Å². The van der Waals surface area contributed by atoms with E-state index in [0.29, 0.717) is 28.3 Å². The Morgan fingerprint density at radius 2 is 1.85 bits per heavy atom. The van der Waals surface area contributed by atoms with Crippen LogP contribution in [0.2, 0.25) is 0 Å². The van der Waals surface area contributed by atoms with Crippen LogP contribution < -0.4 is 10.1 Å². The highest BCUT2D eigenvalue weighted by Crippen LogP contribution is 2.35. The predicted octanol–water partition coefficient (Wildman–Crippen LogP) is 4.55. The summed E-state index contributed by atoms with van der Waals surface area (Å²) in [6.45, 7) is 0. The van der Waals surface area contributed by atoms with Gasteiger partial charge in [0.2, 0.25) is 0 Å². The summed E-state index contributed by atoms with van der Waals surface area (Å²) in [4.78, 5) is 13.1. The van der Waals surface area contributed by atoms with Gasteiger partial charge in [0.05, 0.1) is 7.11 Å². The molecule has 0 saturated heterocycles. The quantitative estimate of drug-likeness (QED) is 0.579. The first-order valence-corrected chi connectivity index (χ1v) is 8.44. The van der Waals surface area contributed by atoms with Crippen LogP contribution in [0.25, 0.3) is 33.4 Å². The van der Waals surface area contributed by atoms with E-state index in [1.54, 1.807) is 32.6 Å². The van der Waals surface area contributed by atoms with E-state index < -0.39 is 5.82 Å². The predicted molar refractivity (Wildman–Crippen MR) is 104 cm³/mol. The van der Waals surface area contributed by atoms with Gasteiger partial charge in [0.1, 0.15) is 22.9 Å². The number of para-hydroxylation sites is 1. The number of nitrogens with zero attached hydrogens (tertiary/aromatic N) is 3. The average molecular weight is 360 g/mol. The third kappa shape index (κ3) is 3.06. The summed E-state index contributed by atoms with van der Waals surface area (Å²) in [5.74, 6) is 1.23. The molecular formula is C21H17FN4O. The van der Waals surface area contributed by atoms with Gasteiger partial charge in [-0.05, 0) is 35.9 Å². The second-order valence-corrected chi connectivity index (χ2v) is 5.94. The lowest BCUT2D eigenvalue weighted by Crippen LogP contribution is -2.01. The van der Waals surface area contributed by atoms with Gasteiger partial charge in [0.15, 0.2) is 5.82 Å². The summed E-state index contributed by atoms with van der Waals surface area (Å²) >= 11 is 0. The van der Waals surface area contributed by atoms with Crippen LogP contribution in [0.1, 0.15) is 0 Å². The highest BCUT2D eigenvalue weighted by molar-refractivity contribution is 5.94. The molecule has 2 aromatic heterocycles. The molecule has 0 aliphatic carbocycles. The van der Waals surface area contributed by atoms with Crippen LogP contribution >= 0.6 is 0 Å². The van der Waals surface area contributed by atoms with Crippen molar-refractivity contribution in [2.75, 3.05) is 19.5 Å². The molecule has 0 aliphatic rings. The van der Waals surface area contributed by atoms with Crippen molar-refractivity contribution in [3.63, 3.8) is 0 Å². The molecule has 0 atom stereocenters. The highest BCUT2D eigenvalue weighted by atomic mass is 19.1. The third-order valence-corrected chi connectivity index (χ3v) is 4.33. The van der Waals surface area contributed by atoms with Gasteiger partial charge in [-0.3, -0.25) is 4.98 Å². The molecule has 0 saturated carbocycles. The smallest absolute Gasteiger partial charge is 0.163 e.